The molecule has 1 aromatic heterocycles. The van der Waals surface area contributed by atoms with E-state index in [1.54, 1.807) is 10.9 Å². The van der Waals surface area contributed by atoms with Crippen LogP contribution in [-0.2, 0) is 11.3 Å². The Morgan fingerprint density at radius 1 is 1.59 bits per heavy atom. The van der Waals surface area contributed by atoms with E-state index in [0.717, 1.165) is 6.54 Å². The highest BCUT2D eigenvalue weighted by atomic mass is 35.5. The molecule has 0 spiro atoms. The van der Waals surface area contributed by atoms with Crippen LogP contribution in [0.5, 0.6) is 0 Å². The van der Waals surface area contributed by atoms with Gasteiger partial charge in [-0.2, -0.15) is 5.10 Å². The number of hydrogen-bond acceptors (Lipinski definition) is 4. The highest BCUT2D eigenvalue weighted by molar-refractivity contribution is 6.31. The first-order valence-electron chi connectivity index (χ1n) is 5.68. The molecule has 0 saturated heterocycles. The first kappa shape index (κ1) is 14.4. The summed E-state index contributed by atoms with van der Waals surface area (Å²) in [6.45, 7) is 4.23. The summed E-state index contributed by atoms with van der Waals surface area (Å²) in [5, 5.41) is 14.6. The van der Waals surface area contributed by atoms with Crippen molar-refractivity contribution in [1.82, 2.24) is 14.7 Å². The number of halogens is 1. The van der Waals surface area contributed by atoms with Crippen molar-refractivity contribution in [2.45, 2.75) is 19.6 Å². The zero-order chi connectivity index (χ0) is 12.8. The van der Waals surface area contributed by atoms with Gasteiger partial charge in [-0.1, -0.05) is 11.6 Å². The van der Waals surface area contributed by atoms with Gasteiger partial charge in [0.2, 0.25) is 0 Å². The molecule has 98 valence electrons. The molecule has 1 atom stereocenters. The number of ether oxygens (including phenoxy) is 1. The number of aliphatic hydroxyl groups excluding tert-OH is 1. The molecule has 0 radical (unpaired) electrons. The molecule has 0 aromatic carbocycles. The molecule has 0 fully saturated rings. The molecule has 6 heteroatoms. The molecular weight excluding hydrogens is 242 g/mol. The summed E-state index contributed by atoms with van der Waals surface area (Å²) >= 11 is 6.02. The maximum Gasteiger partial charge on any atom is 0.120 e. The Hall–Kier alpha value is -0.620. The minimum Gasteiger partial charge on any atom is -0.384 e. The Kier molecular flexibility index (Phi) is 5.91. The van der Waals surface area contributed by atoms with Crippen molar-refractivity contribution < 1.29 is 9.84 Å². The molecule has 17 heavy (non-hydrogen) atoms. The standard InChI is InChI=1S/C11H20ClN3O2/c1-4-17-8-10(16)11-9(12)7-13-15(11)6-5-14(2)3/h7,10,16H,4-6,8H2,1-3H3. The van der Waals surface area contributed by atoms with Gasteiger partial charge in [-0.3, -0.25) is 4.68 Å². The van der Waals surface area contributed by atoms with Gasteiger partial charge in [0.1, 0.15) is 6.10 Å². The van der Waals surface area contributed by atoms with E-state index in [1.165, 1.54) is 0 Å². The maximum absolute atomic E-state index is 9.98. The van der Waals surface area contributed by atoms with Crippen LogP contribution in [0.4, 0.5) is 0 Å². The molecule has 1 aromatic rings. The van der Waals surface area contributed by atoms with E-state index in [4.69, 9.17) is 16.3 Å². The number of aromatic nitrogens is 2. The lowest BCUT2D eigenvalue weighted by Gasteiger charge is -2.15. The van der Waals surface area contributed by atoms with E-state index in [2.05, 4.69) is 5.10 Å². The maximum atomic E-state index is 9.98. The Morgan fingerprint density at radius 2 is 2.29 bits per heavy atom. The Morgan fingerprint density at radius 3 is 2.88 bits per heavy atom. The molecular formula is C11H20ClN3O2. The van der Waals surface area contributed by atoms with E-state index >= 15 is 0 Å². The molecule has 0 amide bonds. The average Bonchev–Trinajstić information content (AvgIpc) is 2.64. The first-order chi connectivity index (χ1) is 8.06. The minimum atomic E-state index is -0.730. The van der Waals surface area contributed by atoms with Crippen LogP contribution < -0.4 is 0 Å². The SMILES string of the molecule is CCOCC(O)c1c(Cl)cnn1CCN(C)C. The second-order valence-electron chi connectivity index (χ2n) is 4.08. The number of rotatable bonds is 7. The fraction of sp³-hybridized carbons (Fsp3) is 0.727. The lowest BCUT2D eigenvalue weighted by atomic mass is 10.2. The summed E-state index contributed by atoms with van der Waals surface area (Å²) in [6, 6.07) is 0. The van der Waals surface area contributed by atoms with Gasteiger partial charge in [0.25, 0.3) is 0 Å². The molecule has 0 aliphatic carbocycles. The lowest BCUT2D eigenvalue weighted by molar-refractivity contribution is 0.0370. The van der Waals surface area contributed by atoms with E-state index in [0.29, 0.717) is 23.9 Å². The third-order valence-electron chi connectivity index (χ3n) is 2.39. The monoisotopic (exact) mass is 261 g/mol. The van der Waals surface area contributed by atoms with Crippen molar-refractivity contribution in [3.05, 3.63) is 16.9 Å². The molecule has 1 rings (SSSR count). The van der Waals surface area contributed by atoms with Crippen molar-refractivity contribution >= 4 is 11.6 Å². The fourth-order valence-electron chi connectivity index (χ4n) is 1.48. The van der Waals surface area contributed by atoms with Crippen LogP contribution in [0.15, 0.2) is 6.20 Å². The van der Waals surface area contributed by atoms with Crippen molar-refractivity contribution in [2.75, 3.05) is 33.9 Å². The van der Waals surface area contributed by atoms with Gasteiger partial charge in [-0.15, -0.1) is 0 Å². The zero-order valence-electron chi connectivity index (χ0n) is 10.6. The smallest absolute Gasteiger partial charge is 0.120 e. The normalized spacial score (nSPS) is 13.3. The highest BCUT2D eigenvalue weighted by Crippen LogP contribution is 2.22. The van der Waals surface area contributed by atoms with Crippen LogP contribution >= 0.6 is 11.6 Å². The Balaban J connectivity index is 2.71. The van der Waals surface area contributed by atoms with Crippen LogP contribution in [0.3, 0.4) is 0 Å². The van der Waals surface area contributed by atoms with Gasteiger partial charge < -0.3 is 14.7 Å². The van der Waals surface area contributed by atoms with E-state index < -0.39 is 6.10 Å². The van der Waals surface area contributed by atoms with Gasteiger partial charge in [0.05, 0.1) is 30.1 Å². The van der Waals surface area contributed by atoms with Gasteiger partial charge in [0.15, 0.2) is 0 Å². The van der Waals surface area contributed by atoms with Crippen molar-refractivity contribution in [1.29, 1.82) is 0 Å². The van der Waals surface area contributed by atoms with Gasteiger partial charge in [0, 0.05) is 13.2 Å². The van der Waals surface area contributed by atoms with Crippen LogP contribution in [0, 0.1) is 0 Å². The summed E-state index contributed by atoms with van der Waals surface area (Å²) in [4.78, 5) is 2.05. The summed E-state index contributed by atoms with van der Waals surface area (Å²) in [5.41, 5.74) is 0.627. The van der Waals surface area contributed by atoms with Crippen LogP contribution in [0.2, 0.25) is 5.02 Å². The van der Waals surface area contributed by atoms with Crippen LogP contribution in [0.25, 0.3) is 0 Å². The number of nitrogens with zero attached hydrogens (tertiary/aromatic N) is 3. The van der Waals surface area contributed by atoms with Gasteiger partial charge >= 0.3 is 0 Å². The summed E-state index contributed by atoms with van der Waals surface area (Å²) in [5.74, 6) is 0. The predicted octanol–water partition coefficient (Wildman–Crippen LogP) is 1.17. The largest absolute Gasteiger partial charge is 0.384 e. The van der Waals surface area contributed by atoms with Crippen molar-refractivity contribution in [2.24, 2.45) is 0 Å². The number of aliphatic hydroxyl groups is 1. The minimum absolute atomic E-state index is 0.240. The summed E-state index contributed by atoms with van der Waals surface area (Å²) in [6.07, 6.45) is 0.828. The third kappa shape index (κ3) is 4.27. The molecule has 5 nitrogen and oxygen atoms in total. The molecule has 1 N–H and O–H groups in total. The average molecular weight is 262 g/mol. The fourth-order valence-corrected chi connectivity index (χ4v) is 1.75. The van der Waals surface area contributed by atoms with Gasteiger partial charge in [-0.05, 0) is 21.0 Å². The summed E-state index contributed by atoms with van der Waals surface area (Å²) < 4.78 is 6.92. The third-order valence-corrected chi connectivity index (χ3v) is 2.68. The van der Waals surface area contributed by atoms with E-state index in [9.17, 15) is 5.11 Å². The molecule has 1 heterocycles. The molecule has 0 aliphatic heterocycles. The Bertz CT molecular complexity index is 341. The zero-order valence-corrected chi connectivity index (χ0v) is 11.3. The molecule has 0 saturated carbocycles. The molecule has 1 unspecified atom stereocenters. The highest BCUT2D eigenvalue weighted by Gasteiger charge is 2.18. The number of likely N-dealkylation sites (N-methyl/N-ethyl adjacent to an activating group) is 1. The summed E-state index contributed by atoms with van der Waals surface area (Å²) in [7, 11) is 3.98. The second kappa shape index (κ2) is 6.96. The van der Waals surface area contributed by atoms with Gasteiger partial charge in [-0.25, -0.2) is 0 Å². The van der Waals surface area contributed by atoms with Crippen LogP contribution in [0.1, 0.15) is 18.7 Å². The number of hydrogen-bond donors (Lipinski definition) is 1. The second-order valence-corrected chi connectivity index (χ2v) is 4.49. The topological polar surface area (TPSA) is 50.5 Å². The van der Waals surface area contributed by atoms with E-state index in [1.807, 2.05) is 25.9 Å². The van der Waals surface area contributed by atoms with Crippen molar-refractivity contribution in [3.8, 4) is 0 Å². The van der Waals surface area contributed by atoms with Crippen LogP contribution in [-0.4, -0.2) is 53.6 Å². The molecule has 0 bridgehead atoms. The van der Waals surface area contributed by atoms with E-state index in [-0.39, 0.29) is 6.61 Å². The lowest BCUT2D eigenvalue weighted by Crippen LogP contribution is -2.22. The van der Waals surface area contributed by atoms with Crippen molar-refractivity contribution in [3.63, 3.8) is 0 Å². The Labute approximate surface area is 107 Å². The quantitative estimate of drug-likeness (QED) is 0.801. The predicted molar refractivity (Wildman–Crippen MR) is 67.2 cm³/mol. The first-order valence-corrected chi connectivity index (χ1v) is 6.05. The molecule has 0 aliphatic rings.